The monoisotopic (exact) mass is 445 g/mol. The molecule has 2 aliphatic rings. The fraction of sp³-hybridized carbons (Fsp3) is 0.308. The maximum atomic E-state index is 13.5. The molecule has 1 aromatic heterocycles. The van der Waals surface area contributed by atoms with E-state index in [1.165, 1.54) is 11.1 Å². The normalized spacial score (nSPS) is 20.5. The molecule has 1 N–H and O–H groups in total. The number of likely N-dealkylation sites (N-methyl/N-ethyl adjacent to an activating group) is 1. The summed E-state index contributed by atoms with van der Waals surface area (Å²) in [6, 6.07) is 19.8. The van der Waals surface area contributed by atoms with E-state index in [2.05, 4.69) is 34.5 Å². The summed E-state index contributed by atoms with van der Waals surface area (Å²) in [4.78, 5) is 31.6. The average molecular weight is 446 g/mol. The Morgan fingerprint density at radius 3 is 2.66 bits per heavy atom. The molecule has 2 aromatic carbocycles. The van der Waals surface area contributed by atoms with Crippen molar-refractivity contribution in [2.24, 2.45) is 0 Å². The molecule has 2 aliphatic heterocycles. The highest BCUT2D eigenvalue weighted by atomic mass is 32.1. The maximum Gasteiger partial charge on any atom is 0.254 e. The summed E-state index contributed by atoms with van der Waals surface area (Å²) >= 11 is 1.59. The van der Waals surface area contributed by atoms with Crippen LogP contribution in [-0.4, -0.2) is 48.3 Å². The second-order valence-electron chi connectivity index (χ2n) is 8.53. The van der Waals surface area contributed by atoms with Gasteiger partial charge in [-0.3, -0.25) is 14.5 Å². The van der Waals surface area contributed by atoms with E-state index in [1.807, 2.05) is 41.8 Å². The Hall–Kier alpha value is -2.96. The molecule has 6 heteroatoms. The van der Waals surface area contributed by atoms with Crippen LogP contribution in [0.5, 0.6) is 0 Å². The number of carbonyl (C=O) groups is 2. The third-order valence-electron chi connectivity index (χ3n) is 6.63. The minimum Gasteiger partial charge on any atom is -0.354 e. The first-order chi connectivity index (χ1) is 15.6. The predicted molar refractivity (Wildman–Crippen MR) is 127 cm³/mol. The van der Waals surface area contributed by atoms with Crippen molar-refractivity contribution < 1.29 is 9.59 Å². The van der Waals surface area contributed by atoms with Crippen LogP contribution in [0, 0.1) is 0 Å². The molecule has 0 radical (unpaired) electrons. The quantitative estimate of drug-likeness (QED) is 0.649. The first-order valence-electron chi connectivity index (χ1n) is 11.1. The smallest absolute Gasteiger partial charge is 0.254 e. The molecular weight excluding hydrogens is 418 g/mol. The van der Waals surface area contributed by atoms with Gasteiger partial charge in [0.1, 0.15) is 0 Å². The number of nitrogens with one attached hydrogen (secondary N) is 1. The first-order valence-corrected chi connectivity index (χ1v) is 12.0. The number of amides is 2. The third-order valence-corrected chi connectivity index (χ3v) is 7.58. The number of carbonyl (C=O) groups excluding carboxylic acids is 2. The summed E-state index contributed by atoms with van der Waals surface area (Å²) in [7, 11) is 1.80. The fourth-order valence-electron chi connectivity index (χ4n) is 4.96. The highest BCUT2D eigenvalue weighted by molar-refractivity contribution is 7.10. The van der Waals surface area contributed by atoms with Gasteiger partial charge >= 0.3 is 0 Å². The van der Waals surface area contributed by atoms with Gasteiger partial charge in [0.2, 0.25) is 5.91 Å². The van der Waals surface area contributed by atoms with Gasteiger partial charge in [0.25, 0.3) is 5.91 Å². The molecule has 3 aromatic rings. The van der Waals surface area contributed by atoms with Crippen LogP contribution >= 0.6 is 11.3 Å². The van der Waals surface area contributed by atoms with Gasteiger partial charge in [0, 0.05) is 43.7 Å². The predicted octanol–water partition coefficient (Wildman–Crippen LogP) is 3.83. The van der Waals surface area contributed by atoms with Gasteiger partial charge in [0.15, 0.2) is 0 Å². The number of hydrogen-bond donors (Lipinski definition) is 1. The Labute approximate surface area is 192 Å². The molecule has 2 amide bonds. The fourth-order valence-corrected chi connectivity index (χ4v) is 5.87. The van der Waals surface area contributed by atoms with Crippen LogP contribution in [0.15, 0.2) is 66.0 Å². The number of fused-ring (bicyclic) bond motifs is 2. The Morgan fingerprint density at radius 2 is 1.84 bits per heavy atom. The molecule has 0 spiro atoms. The molecule has 3 heterocycles. The molecule has 0 aliphatic carbocycles. The van der Waals surface area contributed by atoms with E-state index in [0.717, 1.165) is 36.5 Å². The standard InChI is InChI=1S/C26H27N3O2S/c1-28-24(22-11-6-16-32-22)23(20-9-4-5-10-21(20)26(28)31)25(30)27-13-15-29-14-12-18-7-2-3-8-19(18)17-29/h2-11,16,23-24H,12-15,17H2,1H3,(H,27,30). The summed E-state index contributed by atoms with van der Waals surface area (Å²) in [6.45, 7) is 3.34. The van der Waals surface area contributed by atoms with E-state index in [1.54, 1.807) is 23.3 Å². The average Bonchev–Trinajstić information content (AvgIpc) is 3.35. The summed E-state index contributed by atoms with van der Waals surface area (Å²) in [6.07, 6.45) is 1.05. The van der Waals surface area contributed by atoms with Gasteiger partial charge in [0.05, 0.1) is 12.0 Å². The topological polar surface area (TPSA) is 52.7 Å². The van der Waals surface area contributed by atoms with Crippen LogP contribution in [-0.2, 0) is 17.8 Å². The molecule has 0 fully saturated rings. The van der Waals surface area contributed by atoms with Crippen molar-refractivity contribution in [1.29, 1.82) is 0 Å². The van der Waals surface area contributed by atoms with Crippen molar-refractivity contribution in [3.63, 3.8) is 0 Å². The van der Waals surface area contributed by atoms with Gasteiger partial charge in [-0.1, -0.05) is 48.5 Å². The van der Waals surface area contributed by atoms with E-state index in [4.69, 9.17) is 0 Å². The van der Waals surface area contributed by atoms with Gasteiger partial charge in [-0.15, -0.1) is 11.3 Å². The van der Waals surface area contributed by atoms with Crippen molar-refractivity contribution in [3.8, 4) is 0 Å². The Bertz CT molecular complexity index is 1130. The molecule has 0 saturated carbocycles. The lowest BCUT2D eigenvalue weighted by atomic mass is 9.82. The van der Waals surface area contributed by atoms with Crippen molar-refractivity contribution in [2.75, 3.05) is 26.7 Å². The van der Waals surface area contributed by atoms with Gasteiger partial charge < -0.3 is 10.2 Å². The third kappa shape index (κ3) is 3.85. The summed E-state index contributed by atoms with van der Waals surface area (Å²) in [5.74, 6) is -0.475. The number of rotatable bonds is 5. The SMILES string of the molecule is CN1C(=O)c2ccccc2C(C(=O)NCCN2CCc3ccccc3C2)C1c1cccs1. The van der Waals surface area contributed by atoms with Gasteiger partial charge in [-0.2, -0.15) is 0 Å². The van der Waals surface area contributed by atoms with Crippen LogP contribution in [0.3, 0.4) is 0 Å². The maximum absolute atomic E-state index is 13.5. The Balaban J connectivity index is 1.32. The van der Waals surface area contributed by atoms with Crippen molar-refractivity contribution in [2.45, 2.75) is 24.9 Å². The van der Waals surface area contributed by atoms with E-state index >= 15 is 0 Å². The van der Waals surface area contributed by atoms with E-state index in [9.17, 15) is 9.59 Å². The molecule has 2 unspecified atom stereocenters. The Morgan fingerprint density at radius 1 is 1.06 bits per heavy atom. The van der Waals surface area contributed by atoms with Gasteiger partial charge in [-0.05, 0) is 40.6 Å². The Kier molecular flexibility index (Phi) is 5.81. The van der Waals surface area contributed by atoms with E-state index in [0.29, 0.717) is 12.1 Å². The zero-order valence-electron chi connectivity index (χ0n) is 18.2. The highest BCUT2D eigenvalue weighted by Gasteiger charge is 2.42. The minimum atomic E-state index is -0.422. The molecular formula is C26H27N3O2S. The minimum absolute atomic E-state index is 0.0207. The zero-order chi connectivity index (χ0) is 22.1. The van der Waals surface area contributed by atoms with Crippen LogP contribution in [0.2, 0.25) is 0 Å². The highest BCUT2D eigenvalue weighted by Crippen LogP contribution is 2.43. The van der Waals surface area contributed by atoms with E-state index in [-0.39, 0.29) is 17.9 Å². The lowest BCUT2D eigenvalue weighted by Gasteiger charge is -2.39. The summed E-state index contributed by atoms with van der Waals surface area (Å²) < 4.78 is 0. The molecule has 5 rings (SSSR count). The molecule has 164 valence electrons. The molecule has 32 heavy (non-hydrogen) atoms. The summed E-state index contributed by atoms with van der Waals surface area (Å²) in [5.41, 5.74) is 4.25. The van der Waals surface area contributed by atoms with Crippen LogP contribution in [0.1, 0.15) is 43.9 Å². The van der Waals surface area contributed by atoms with Crippen molar-refractivity contribution in [1.82, 2.24) is 15.1 Å². The largest absolute Gasteiger partial charge is 0.354 e. The second-order valence-corrected chi connectivity index (χ2v) is 9.51. The first kappa shape index (κ1) is 20.9. The molecule has 2 atom stereocenters. The van der Waals surface area contributed by atoms with Crippen LogP contribution in [0.4, 0.5) is 0 Å². The van der Waals surface area contributed by atoms with Crippen LogP contribution < -0.4 is 5.32 Å². The number of thiophene rings is 1. The molecule has 0 bridgehead atoms. The zero-order valence-corrected chi connectivity index (χ0v) is 19.0. The lowest BCUT2D eigenvalue weighted by molar-refractivity contribution is -0.124. The summed E-state index contributed by atoms with van der Waals surface area (Å²) in [5, 5.41) is 5.18. The second kappa shape index (κ2) is 8.88. The van der Waals surface area contributed by atoms with E-state index < -0.39 is 5.92 Å². The lowest BCUT2D eigenvalue weighted by Crippen LogP contribution is -2.46. The van der Waals surface area contributed by atoms with Gasteiger partial charge in [-0.25, -0.2) is 0 Å². The van der Waals surface area contributed by atoms with Crippen molar-refractivity contribution >= 4 is 23.2 Å². The molecule has 5 nitrogen and oxygen atoms in total. The molecule has 0 saturated heterocycles. The van der Waals surface area contributed by atoms with Crippen LogP contribution in [0.25, 0.3) is 0 Å². The number of benzene rings is 2. The number of nitrogens with zero attached hydrogens (tertiary/aromatic N) is 2. The number of hydrogen-bond acceptors (Lipinski definition) is 4. The van der Waals surface area contributed by atoms with Crippen molar-refractivity contribution in [3.05, 3.63) is 93.2 Å².